The van der Waals surface area contributed by atoms with Crippen molar-refractivity contribution in [1.29, 1.82) is 0 Å². The van der Waals surface area contributed by atoms with Crippen molar-refractivity contribution in [3.63, 3.8) is 0 Å². The zero-order chi connectivity index (χ0) is 11.8. The van der Waals surface area contributed by atoms with Gasteiger partial charge in [0, 0.05) is 25.2 Å². The molecule has 0 spiro atoms. The third-order valence-corrected chi connectivity index (χ3v) is 4.67. The summed E-state index contributed by atoms with van der Waals surface area (Å²) in [6.07, 6.45) is 3.56. The number of hydrogen-bond acceptors (Lipinski definition) is 4. The van der Waals surface area contributed by atoms with Crippen molar-refractivity contribution in [1.82, 2.24) is 15.2 Å². The van der Waals surface area contributed by atoms with Crippen molar-refractivity contribution in [2.75, 3.05) is 13.1 Å². The summed E-state index contributed by atoms with van der Waals surface area (Å²) < 4.78 is 0. The summed E-state index contributed by atoms with van der Waals surface area (Å²) in [4.78, 5) is 19.3. The van der Waals surface area contributed by atoms with Gasteiger partial charge in [-0.1, -0.05) is 0 Å². The molecule has 2 aliphatic rings. The number of aromatic nitrogens is 1. The normalized spacial score (nSPS) is 25.2. The Hall–Kier alpha value is -0.360. The van der Waals surface area contributed by atoms with E-state index in [0.29, 0.717) is 12.1 Å². The number of carbonyl (C=O) groups excluding carboxylic acids is 1. The minimum atomic E-state index is 0. The third kappa shape index (κ3) is 3.40. The molecule has 0 aromatic carbocycles. The highest BCUT2D eigenvalue weighted by Crippen LogP contribution is 2.23. The Labute approximate surface area is 129 Å². The Balaban J connectivity index is 0.000000902. The van der Waals surface area contributed by atoms with Crippen LogP contribution >= 0.6 is 36.2 Å². The summed E-state index contributed by atoms with van der Waals surface area (Å²) in [5.41, 5.74) is 2.62. The summed E-state index contributed by atoms with van der Waals surface area (Å²) in [5.74, 6) is 0.166. The fourth-order valence-electron chi connectivity index (χ4n) is 2.78. The average Bonchev–Trinajstić information content (AvgIpc) is 2.84. The van der Waals surface area contributed by atoms with Crippen LogP contribution in [0, 0.1) is 6.92 Å². The first-order valence-corrected chi connectivity index (χ1v) is 7.07. The fraction of sp³-hybridized carbons (Fsp3) is 0.667. The van der Waals surface area contributed by atoms with E-state index < -0.39 is 0 Å². The van der Waals surface area contributed by atoms with Crippen LogP contribution in [-0.2, 0) is 0 Å². The van der Waals surface area contributed by atoms with E-state index in [9.17, 15) is 4.79 Å². The SMILES string of the molecule is Cc1ncsc1C(=O)N1CCC2CCC(C1)N2.Cl.Cl. The number of rotatable bonds is 1. The van der Waals surface area contributed by atoms with Crippen molar-refractivity contribution >= 4 is 42.1 Å². The molecule has 2 unspecified atom stereocenters. The Morgan fingerprint density at radius 3 is 2.79 bits per heavy atom. The van der Waals surface area contributed by atoms with Crippen molar-refractivity contribution in [3.8, 4) is 0 Å². The molecular weight excluding hydrogens is 305 g/mol. The van der Waals surface area contributed by atoms with Gasteiger partial charge in [0.1, 0.15) is 4.88 Å². The zero-order valence-electron chi connectivity index (χ0n) is 10.8. The molecule has 2 fully saturated rings. The van der Waals surface area contributed by atoms with E-state index in [1.807, 2.05) is 11.8 Å². The van der Waals surface area contributed by atoms with Gasteiger partial charge in [-0.15, -0.1) is 36.2 Å². The summed E-state index contributed by atoms with van der Waals surface area (Å²) in [6.45, 7) is 3.64. The average molecular weight is 324 g/mol. The number of halogens is 2. The molecule has 2 atom stereocenters. The van der Waals surface area contributed by atoms with Crippen LogP contribution in [0.25, 0.3) is 0 Å². The predicted molar refractivity (Wildman–Crippen MR) is 81.8 cm³/mol. The second-order valence-electron chi connectivity index (χ2n) is 4.94. The van der Waals surface area contributed by atoms with E-state index in [1.165, 1.54) is 24.2 Å². The lowest BCUT2D eigenvalue weighted by Crippen LogP contribution is -2.39. The second kappa shape index (κ2) is 6.88. The third-order valence-electron chi connectivity index (χ3n) is 3.75. The summed E-state index contributed by atoms with van der Waals surface area (Å²) in [5, 5.41) is 3.59. The first kappa shape index (κ1) is 16.7. The largest absolute Gasteiger partial charge is 0.336 e. The Bertz CT molecular complexity index is 440. The molecule has 4 nitrogen and oxygen atoms in total. The van der Waals surface area contributed by atoms with Crippen LogP contribution in [0.15, 0.2) is 5.51 Å². The van der Waals surface area contributed by atoms with Gasteiger partial charge in [-0.05, 0) is 26.2 Å². The minimum absolute atomic E-state index is 0. The smallest absolute Gasteiger partial charge is 0.265 e. The van der Waals surface area contributed by atoms with Gasteiger partial charge in [0.15, 0.2) is 0 Å². The van der Waals surface area contributed by atoms with Gasteiger partial charge in [0.05, 0.1) is 11.2 Å². The van der Waals surface area contributed by atoms with Crippen molar-refractivity contribution in [2.45, 2.75) is 38.3 Å². The molecule has 3 heterocycles. The number of nitrogens with one attached hydrogen (secondary N) is 1. The minimum Gasteiger partial charge on any atom is -0.336 e. The summed E-state index contributed by atoms with van der Waals surface area (Å²) in [7, 11) is 0. The van der Waals surface area contributed by atoms with Crippen LogP contribution in [0.1, 0.15) is 34.6 Å². The number of aryl methyl sites for hydroxylation is 1. The molecule has 3 rings (SSSR count). The van der Waals surface area contributed by atoms with E-state index in [4.69, 9.17) is 0 Å². The van der Waals surface area contributed by atoms with Crippen LogP contribution in [0.4, 0.5) is 0 Å². The van der Waals surface area contributed by atoms with Crippen molar-refractivity contribution in [2.24, 2.45) is 0 Å². The molecule has 2 saturated heterocycles. The zero-order valence-corrected chi connectivity index (χ0v) is 13.2. The second-order valence-corrected chi connectivity index (χ2v) is 5.80. The number of carbonyl (C=O) groups is 1. The molecule has 0 radical (unpaired) electrons. The molecule has 19 heavy (non-hydrogen) atoms. The van der Waals surface area contributed by atoms with Crippen LogP contribution in [0.2, 0.25) is 0 Å². The number of hydrogen-bond donors (Lipinski definition) is 1. The Kier molecular flexibility index (Phi) is 6.05. The van der Waals surface area contributed by atoms with E-state index in [-0.39, 0.29) is 30.7 Å². The van der Waals surface area contributed by atoms with E-state index in [1.54, 1.807) is 5.51 Å². The fourth-order valence-corrected chi connectivity index (χ4v) is 3.55. The van der Waals surface area contributed by atoms with Crippen molar-refractivity contribution in [3.05, 3.63) is 16.1 Å². The summed E-state index contributed by atoms with van der Waals surface area (Å²) in [6, 6.07) is 1.13. The lowest BCUT2D eigenvalue weighted by Gasteiger charge is -2.23. The highest BCUT2D eigenvalue weighted by Gasteiger charge is 2.32. The highest BCUT2D eigenvalue weighted by atomic mass is 35.5. The van der Waals surface area contributed by atoms with Crippen LogP contribution < -0.4 is 5.32 Å². The number of amides is 1. The van der Waals surface area contributed by atoms with Gasteiger partial charge < -0.3 is 10.2 Å². The molecule has 2 aliphatic heterocycles. The first-order chi connectivity index (χ1) is 8.24. The maximum absolute atomic E-state index is 12.4. The predicted octanol–water partition coefficient (Wildman–Crippen LogP) is 2.26. The Morgan fingerprint density at radius 2 is 2.11 bits per heavy atom. The number of fused-ring (bicyclic) bond motifs is 2. The van der Waals surface area contributed by atoms with Gasteiger partial charge in [0.2, 0.25) is 0 Å². The molecule has 0 saturated carbocycles. The van der Waals surface area contributed by atoms with Gasteiger partial charge >= 0.3 is 0 Å². The van der Waals surface area contributed by atoms with E-state index >= 15 is 0 Å². The van der Waals surface area contributed by atoms with Gasteiger partial charge in [0.25, 0.3) is 5.91 Å². The molecule has 1 amide bonds. The monoisotopic (exact) mass is 323 g/mol. The lowest BCUT2D eigenvalue weighted by molar-refractivity contribution is 0.0752. The molecule has 1 aromatic rings. The number of nitrogens with zero attached hydrogens (tertiary/aromatic N) is 2. The van der Waals surface area contributed by atoms with Crippen LogP contribution in [-0.4, -0.2) is 41.0 Å². The number of likely N-dealkylation sites (tertiary alicyclic amines) is 1. The quantitative estimate of drug-likeness (QED) is 0.862. The first-order valence-electron chi connectivity index (χ1n) is 6.19. The molecule has 7 heteroatoms. The van der Waals surface area contributed by atoms with E-state index in [0.717, 1.165) is 30.1 Å². The number of thiazole rings is 1. The Morgan fingerprint density at radius 1 is 1.37 bits per heavy atom. The summed E-state index contributed by atoms with van der Waals surface area (Å²) >= 11 is 1.46. The molecule has 2 bridgehead atoms. The van der Waals surface area contributed by atoms with Gasteiger partial charge in [-0.2, -0.15) is 0 Å². The molecule has 1 N–H and O–H groups in total. The topological polar surface area (TPSA) is 45.2 Å². The highest BCUT2D eigenvalue weighted by molar-refractivity contribution is 7.11. The molecule has 1 aromatic heterocycles. The van der Waals surface area contributed by atoms with Gasteiger partial charge in [-0.3, -0.25) is 4.79 Å². The van der Waals surface area contributed by atoms with Gasteiger partial charge in [-0.25, -0.2) is 4.98 Å². The van der Waals surface area contributed by atoms with Crippen LogP contribution in [0.5, 0.6) is 0 Å². The van der Waals surface area contributed by atoms with E-state index in [2.05, 4.69) is 10.3 Å². The standard InChI is InChI=1S/C12H17N3OS.2ClH/c1-8-11(17-7-13-8)12(16)15-5-4-9-2-3-10(6-15)14-9;;/h7,9-10,14H,2-6H2,1H3;2*1H. The molecule has 108 valence electrons. The maximum Gasteiger partial charge on any atom is 0.265 e. The van der Waals surface area contributed by atoms with Crippen molar-refractivity contribution < 1.29 is 4.79 Å². The molecular formula is C12H19Cl2N3OS. The maximum atomic E-state index is 12.4. The van der Waals surface area contributed by atoms with Crippen LogP contribution in [0.3, 0.4) is 0 Å². The molecule has 0 aliphatic carbocycles. The lowest BCUT2D eigenvalue weighted by atomic mass is 10.1.